The van der Waals surface area contributed by atoms with Gasteiger partial charge in [-0.3, -0.25) is 19.4 Å². The first-order valence-corrected chi connectivity index (χ1v) is 12.1. The minimum Gasteiger partial charge on any atom is -0.496 e. The van der Waals surface area contributed by atoms with Crippen LogP contribution in [0, 0.1) is 5.92 Å². The number of nitrogens with one attached hydrogen (secondary N) is 2. The van der Waals surface area contributed by atoms with E-state index in [-0.39, 0.29) is 37.4 Å². The summed E-state index contributed by atoms with van der Waals surface area (Å²) >= 11 is 6.19. The van der Waals surface area contributed by atoms with Crippen LogP contribution < -0.4 is 15.5 Å². The van der Waals surface area contributed by atoms with E-state index in [4.69, 9.17) is 16.3 Å². The molecular weight excluding hydrogens is 496 g/mol. The monoisotopic (exact) mass is 528 g/mol. The van der Waals surface area contributed by atoms with Crippen LogP contribution in [0.25, 0.3) is 0 Å². The van der Waals surface area contributed by atoms with Crippen molar-refractivity contribution < 1.29 is 19.1 Å². The molecule has 198 valence electrons. The number of methoxy groups -OCH3 is 1. The van der Waals surface area contributed by atoms with E-state index in [1.54, 1.807) is 68.7 Å². The van der Waals surface area contributed by atoms with Crippen molar-refractivity contribution in [3.8, 4) is 5.75 Å². The lowest BCUT2D eigenvalue weighted by Crippen LogP contribution is -2.47. The number of amides is 3. The molecule has 0 bridgehead atoms. The van der Waals surface area contributed by atoms with Crippen LogP contribution in [0.15, 0.2) is 47.5 Å². The van der Waals surface area contributed by atoms with E-state index >= 15 is 0 Å². The molecular formula is C26H33ClN6O4. The van der Waals surface area contributed by atoms with Crippen LogP contribution in [-0.4, -0.2) is 93.3 Å². The maximum Gasteiger partial charge on any atom is 0.253 e. The maximum atomic E-state index is 13.6. The smallest absolute Gasteiger partial charge is 0.253 e. The van der Waals surface area contributed by atoms with E-state index in [1.165, 1.54) is 9.80 Å². The molecule has 10 nitrogen and oxygen atoms in total. The molecule has 2 aromatic carbocycles. The van der Waals surface area contributed by atoms with Gasteiger partial charge in [-0.25, -0.2) is 5.01 Å². The van der Waals surface area contributed by atoms with E-state index in [0.29, 0.717) is 34.3 Å². The zero-order chi connectivity index (χ0) is 27.1. The van der Waals surface area contributed by atoms with Gasteiger partial charge in [0.2, 0.25) is 11.8 Å². The Morgan fingerprint density at radius 2 is 1.92 bits per heavy atom. The molecule has 1 aliphatic rings. The summed E-state index contributed by atoms with van der Waals surface area (Å²) in [7, 11) is 8.53. The third kappa shape index (κ3) is 7.68. The van der Waals surface area contributed by atoms with Gasteiger partial charge in [0.25, 0.3) is 5.91 Å². The van der Waals surface area contributed by atoms with Crippen molar-refractivity contribution >= 4 is 40.8 Å². The minimum absolute atomic E-state index is 0.146. The number of benzene rings is 2. The standard InChI is InChI=1S/C26H33ClN6O4/c1-31(2)25(35)17-7-6-8-21(13-17)29-24(34)16-33-15-23(30-32(3)4)28-14-19(26(33)36)11-18-12-20(27)9-10-22(18)37-5/h6-10,12-13,19H,11,14-16H2,1-5H3,(H,28,30)(H,29,34)/t19-/m1/s1. The average Bonchev–Trinajstić information content (AvgIpc) is 2.97. The SMILES string of the molecule is COc1ccc(Cl)cc1C[C@@H]1CN=C(NN(C)C)CN(CC(=O)Nc2cccc(C(=O)N(C)C)c2)C1=O. The molecule has 1 atom stereocenters. The summed E-state index contributed by atoms with van der Waals surface area (Å²) in [5.41, 5.74) is 4.83. The molecule has 1 aliphatic heterocycles. The van der Waals surface area contributed by atoms with Crippen molar-refractivity contribution in [2.24, 2.45) is 10.9 Å². The van der Waals surface area contributed by atoms with Crippen LogP contribution >= 0.6 is 11.6 Å². The molecule has 2 aromatic rings. The molecule has 0 saturated carbocycles. The number of hydrogen-bond donors (Lipinski definition) is 2. The van der Waals surface area contributed by atoms with Gasteiger partial charge in [-0.05, 0) is 48.4 Å². The Morgan fingerprint density at radius 3 is 2.59 bits per heavy atom. The van der Waals surface area contributed by atoms with E-state index in [0.717, 1.165) is 5.56 Å². The van der Waals surface area contributed by atoms with E-state index in [1.807, 2.05) is 14.1 Å². The van der Waals surface area contributed by atoms with Crippen molar-refractivity contribution in [3.63, 3.8) is 0 Å². The van der Waals surface area contributed by atoms with Crippen LogP contribution in [0.4, 0.5) is 5.69 Å². The van der Waals surface area contributed by atoms with Gasteiger partial charge < -0.3 is 25.3 Å². The summed E-state index contributed by atoms with van der Waals surface area (Å²) in [6.07, 6.45) is 0.355. The number of aliphatic imine (C=N–C) groups is 1. The lowest BCUT2D eigenvalue weighted by atomic mass is 9.97. The quantitative estimate of drug-likeness (QED) is 0.509. The van der Waals surface area contributed by atoms with Crippen LogP contribution in [-0.2, 0) is 16.0 Å². The maximum absolute atomic E-state index is 13.6. The number of ether oxygens (including phenoxy) is 1. The highest BCUT2D eigenvalue weighted by Gasteiger charge is 2.31. The van der Waals surface area contributed by atoms with Gasteiger partial charge in [-0.1, -0.05) is 17.7 Å². The molecule has 0 aliphatic carbocycles. The molecule has 2 N–H and O–H groups in total. The van der Waals surface area contributed by atoms with Crippen molar-refractivity contribution in [1.29, 1.82) is 0 Å². The number of hydrogen-bond acceptors (Lipinski definition) is 7. The molecule has 0 saturated heterocycles. The topological polar surface area (TPSA) is 107 Å². The Labute approximate surface area is 222 Å². The summed E-state index contributed by atoms with van der Waals surface area (Å²) in [5.74, 6) is -0.0591. The Morgan fingerprint density at radius 1 is 1.16 bits per heavy atom. The fourth-order valence-electron chi connectivity index (χ4n) is 4.01. The Balaban J connectivity index is 1.79. The fraction of sp³-hybridized carbons (Fsp3) is 0.385. The first-order valence-electron chi connectivity index (χ1n) is 11.8. The Kier molecular flexibility index (Phi) is 9.48. The number of hydrazine groups is 1. The van der Waals surface area contributed by atoms with Crippen molar-refractivity contribution in [2.45, 2.75) is 6.42 Å². The zero-order valence-corrected chi connectivity index (χ0v) is 22.5. The highest BCUT2D eigenvalue weighted by Crippen LogP contribution is 2.26. The second-order valence-corrected chi connectivity index (χ2v) is 9.61. The van der Waals surface area contributed by atoms with Crippen molar-refractivity contribution in [1.82, 2.24) is 20.2 Å². The summed E-state index contributed by atoms with van der Waals surface area (Å²) in [6.45, 7) is 0.215. The lowest BCUT2D eigenvalue weighted by molar-refractivity contribution is -0.137. The van der Waals surface area contributed by atoms with Gasteiger partial charge in [0.05, 0.1) is 26.1 Å². The van der Waals surface area contributed by atoms with Gasteiger partial charge in [-0.15, -0.1) is 0 Å². The molecule has 0 fully saturated rings. The molecule has 37 heavy (non-hydrogen) atoms. The van der Waals surface area contributed by atoms with E-state index in [9.17, 15) is 14.4 Å². The van der Waals surface area contributed by atoms with Gasteiger partial charge in [-0.2, -0.15) is 0 Å². The molecule has 0 radical (unpaired) electrons. The van der Waals surface area contributed by atoms with Crippen LogP contribution in [0.1, 0.15) is 15.9 Å². The number of carbonyl (C=O) groups excluding carboxylic acids is 3. The number of rotatable bonds is 8. The second-order valence-electron chi connectivity index (χ2n) is 9.17. The molecule has 3 rings (SSSR count). The molecule has 0 aromatic heterocycles. The van der Waals surface area contributed by atoms with Crippen molar-refractivity contribution in [3.05, 3.63) is 58.6 Å². The summed E-state index contributed by atoms with van der Waals surface area (Å²) in [4.78, 5) is 46.4. The predicted molar refractivity (Wildman–Crippen MR) is 144 cm³/mol. The Bertz CT molecular complexity index is 1180. The predicted octanol–water partition coefficient (Wildman–Crippen LogP) is 2.15. The summed E-state index contributed by atoms with van der Waals surface area (Å²) in [5, 5.41) is 5.07. The number of nitrogens with zero attached hydrogens (tertiary/aromatic N) is 4. The number of halogens is 1. The summed E-state index contributed by atoms with van der Waals surface area (Å²) < 4.78 is 5.45. The van der Waals surface area contributed by atoms with Gasteiger partial charge in [0.15, 0.2) is 0 Å². The largest absolute Gasteiger partial charge is 0.496 e. The Hall–Kier alpha value is -3.63. The number of amidine groups is 1. The minimum atomic E-state index is -0.511. The molecule has 1 heterocycles. The first-order chi connectivity index (χ1) is 17.6. The number of carbonyl (C=O) groups is 3. The van der Waals surface area contributed by atoms with Crippen LogP contribution in [0.2, 0.25) is 5.02 Å². The highest BCUT2D eigenvalue weighted by molar-refractivity contribution is 6.30. The molecule has 0 unspecified atom stereocenters. The van der Waals surface area contributed by atoms with Crippen molar-refractivity contribution in [2.75, 3.05) is 60.3 Å². The fourth-order valence-corrected chi connectivity index (χ4v) is 4.21. The zero-order valence-electron chi connectivity index (χ0n) is 21.7. The summed E-state index contributed by atoms with van der Waals surface area (Å²) in [6, 6.07) is 12.0. The third-order valence-corrected chi connectivity index (χ3v) is 5.93. The van der Waals surface area contributed by atoms with Gasteiger partial charge >= 0.3 is 0 Å². The normalized spacial score (nSPS) is 15.6. The molecule has 0 spiro atoms. The lowest BCUT2D eigenvalue weighted by Gasteiger charge is -2.25. The second kappa shape index (κ2) is 12.6. The van der Waals surface area contributed by atoms with E-state index < -0.39 is 5.92 Å². The molecule has 11 heteroatoms. The molecule has 3 amide bonds. The highest BCUT2D eigenvalue weighted by atomic mass is 35.5. The number of anilines is 1. The third-order valence-electron chi connectivity index (χ3n) is 5.70. The average molecular weight is 529 g/mol. The van der Waals surface area contributed by atoms with E-state index in [2.05, 4.69) is 15.7 Å². The van der Waals surface area contributed by atoms with Crippen LogP contribution in [0.5, 0.6) is 5.75 Å². The first kappa shape index (κ1) is 27.9. The van der Waals surface area contributed by atoms with Gasteiger partial charge in [0, 0.05) is 44.5 Å². The van der Waals surface area contributed by atoms with Crippen LogP contribution in [0.3, 0.4) is 0 Å². The van der Waals surface area contributed by atoms with Gasteiger partial charge in [0.1, 0.15) is 18.1 Å².